The van der Waals surface area contributed by atoms with Gasteiger partial charge >= 0.3 is 5.97 Å². The van der Waals surface area contributed by atoms with Crippen molar-refractivity contribution >= 4 is 5.97 Å². The normalized spacial score (nSPS) is 9.73. The van der Waals surface area contributed by atoms with Gasteiger partial charge in [0.25, 0.3) is 0 Å². The van der Waals surface area contributed by atoms with Crippen LogP contribution in [0, 0.1) is 6.92 Å². The minimum Gasteiger partial charge on any atom is -0.292 e. The fraction of sp³-hybridized carbons (Fsp3) is 0.250. The number of aryl methyl sites for hydroxylation is 1. The molecule has 0 heterocycles. The molecule has 0 aliphatic rings. The molecule has 1 aromatic rings. The molecule has 0 fully saturated rings. The molecule has 0 unspecified atom stereocenters. The van der Waals surface area contributed by atoms with E-state index < -0.39 is 5.97 Å². The first-order valence-corrected chi connectivity index (χ1v) is 4.65. The van der Waals surface area contributed by atoms with Crippen LogP contribution in [0.1, 0.15) is 22.8 Å². The predicted molar refractivity (Wildman–Crippen MR) is 57.4 cm³/mol. The fourth-order valence-corrected chi connectivity index (χ4v) is 1.03. The molecule has 0 aliphatic heterocycles. The van der Waals surface area contributed by atoms with Gasteiger partial charge in [-0.2, -0.15) is 4.89 Å². The molecule has 0 saturated carbocycles. The summed E-state index contributed by atoms with van der Waals surface area (Å²) in [5.74, 6) is -0.477. The van der Waals surface area contributed by atoms with E-state index in [-0.39, 0.29) is 6.61 Å². The standard InChI is InChI=1S/C12H14O3/c1-9(2)8-14-15-12(13)11-7-5-4-6-10(11)3/h4-7H,1,8H2,2-3H3. The number of carbonyl (C=O) groups is 1. The summed E-state index contributed by atoms with van der Waals surface area (Å²) in [6, 6.07) is 7.18. The summed E-state index contributed by atoms with van der Waals surface area (Å²) < 4.78 is 0. The summed E-state index contributed by atoms with van der Waals surface area (Å²) in [7, 11) is 0. The quantitative estimate of drug-likeness (QED) is 0.431. The van der Waals surface area contributed by atoms with Crippen LogP contribution in [0.2, 0.25) is 0 Å². The van der Waals surface area contributed by atoms with E-state index in [1.807, 2.05) is 19.1 Å². The van der Waals surface area contributed by atoms with Crippen molar-refractivity contribution in [3.63, 3.8) is 0 Å². The van der Waals surface area contributed by atoms with Crippen LogP contribution in [-0.2, 0) is 9.78 Å². The van der Waals surface area contributed by atoms with Gasteiger partial charge in [0.15, 0.2) is 0 Å². The first-order chi connectivity index (χ1) is 7.11. The lowest BCUT2D eigenvalue weighted by atomic mass is 10.1. The van der Waals surface area contributed by atoms with Crippen LogP contribution in [0.3, 0.4) is 0 Å². The molecule has 0 bridgehead atoms. The molecule has 0 saturated heterocycles. The predicted octanol–water partition coefficient (Wildman–Crippen LogP) is 2.66. The molecule has 3 heteroatoms. The van der Waals surface area contributed by atoms with Crippen molar-refractivity contribution in [1.29, 1.82) is 0 Å². The highest BCUT2D eigenvalue weighted by molar-refractivity contribution is 5.90. The lowest BCUT2D eigenvalue weighted by molar-refractivity contribution is -0.233. The molecule has 1 aromatic carbocycles. The van der Waals surface area contributed by atoms with Crippen molar-refractivity contribution in [2.24, 2.45) is 0 Å². The van der Waals surface area contributed by atoms with E-state index in [0.717, 1.165) is 11.1 Å². The highest BCUT2D eigenvalue weighted by Crippen LogP contribution is 2.08. The monoisotopic (exact) mass is 206 g/mol. The summed E-state index contributed by atoms with van der Waals surface area (Å²) in [6.07, 6.45) is 0. The zero-order valence-corrected chi connectivity index (χ0v) is 8.95. The van der Waals surface area contributed by atoms with Crippen LogP contribution >= 0.6 is 0 Å². The van der Waals surface area contributed by atoms with Crippen LogP contribution in [0.5, 0.6) is 0 Å². The Bertz CT molecular complexity index is 369. The van der Waals surface area contributed by atoms with Gasteiger partial charge < -0.3 is 0 Å². The van der Waals surface area contributed by atoms with Gasteiger partial charge in [-0.25, -0.2) is 4.79 Å². The molecule has 80 valence electrons. The number of carbonyl (C=O) groups excluding carboxylic acids is 1. The average Bonchev–Trinajstić information content (AvgIpc) is 2.17. The van der Waals surface area contributed by atoms with E-state index in [1.54, 1.807) is 19.1 Å². The lowest BCUT2D eigenvalue weighted by Gasteiger charge is -2.05. The highest BCUT2D eigenvalue weighted by Gasteiger charge is 2.10. The maximum Gasteiger partial charge on any atom is 0.373 e. The molecule has 0 spiro atoms. The van der Waals surface area contributed by atoms with E-state index in [4.69, 9.17) is 4.89 Å². The van der Waals surface area contributed by atoms with E-state index in [1.165, 1.54) is 0 Å². The number of rotatable bonds is 4. The third-order valence-electron chi connectivity index (χ3n) is 1.80. The molecule has 1 rings (SSSR count). The zero-order chi connectivity index (χ0) is 11.3. The van der Waals surface area contributed by atoms with Crippen molar-refractivity contribution in [3.05, 3.63) is 47.5 Å². The molecule has 0 atom stereocenters. The number of hydrogen-bond donors (Lipinski definition) is 0. The third kappa shape index (κ3) is 3.56. The Labute approximate surface area is 89.2 Å². The molecule has 0 aromatic heterocycles. The Kier molecular flexibility index (Phi) is 4.06. The smallest absolute Gasteiger partial charge is 0.292 e. The zero-order valence-electron chi connectivity index (χ0n) is 8.95. The van der Waals surface area contributed by atoms with Gasteiger partial charge in [-0.1, -0.05) is 30.4 Å². The third-order valence-corrected chi connectivity index (χ3v) is 1.80. The minimum atomic E-state index is -0.477. The van der Waals surface area contributed by atoms with Crippen molar-refractivity contribution in [1.82, 2.24) is 0 Å². The van der Waals surface area contributed by atoms with Crippen LogP contribution in [0.25, 0.3) is 0 Å². The van der Waals surface area contributed by atoms with Gasteiger partial charge in [-0.3, -0.25) is 4.89 Å². The van der Waals surface area contributed by atoms with Gasteiger partial charge in [0.1, 0.15) is 6.61 Å². The lowest BCUT2D eigenvalue weighted by Crippen LogP contribution is -2.08. The van der Waals surface area contributed by atoms with E-state index in [2.05, 4.69) is 11.5 Å². The largest absolute Gasteiger partial charge is 0.373 e. The van der Waals surface area contributed by atoms with Gasteiger partial charge in [-0.05, 0) is 25.5 Å². The molecular weight excluding hydrogens is 192 g/mol. The van der Waals surface area contributed by atoms with Gasteiger partial charge in [0.05, 0.1) is 5.56 Å². The Hall–Kier alpha value is -1.61. The summed E-state index contributed by atoms with van der Waals surface area (Å²) >= 11 is 0. The summed E-state index contributed by atoms with van der Waals surface area (Å²) in [5, 5.41) is 0. The van der Waals surface area contributed by atoms with E-state index in [0.29, 0.717) is 5.56 Å². The minimum absolute atomic E-state index is 0.220. The molecule has 0 radical (unpaired) electrons. The molecule has 0 N–H and O–H groups in total. The maximum absolute atomic E-state index is 11.5. The van der Waals surface area contributed by atoms with Gasteiger partial charge in [0.2, 0.25) is 0 Å². The number of benzene rings is 1. The Morgan fingerprint density at radius 2 is 2.07 bits per heavy atom. The summed E-state index contributed by atoms with van der Waals surface area (Å²) in [5.41, 5.74) is 2.17. The van der Waals surface area contributed by atoms with Gasteiger partial charge in [0, 0.05) is 0 Å². The second kappa shape index (κ2) is 5.32. The van der Waals surface area contributed by atoms with Crippen LogP contribution in [0.15, 0.2) is 36.4 Å². The number of hydrogen-bond acceptors (Lipinski definition) is 3. The fourth-order valence-electron chi connectivity index (χ4n) is 1.03. The van der Waals surface area contributed by atoms with E-state index >= 15 is 0 Å². The van der Waals surface area contributed by atoms with Crippen molar-refractivity contribution in [2.75, 3.05) is 6.61 Å². The Morgan fingerprint density at radius 1 is 1.40 bits per heavy atom. The summed E-state index contributed by atoms with van der Waals surface area (Å²) in [6.45, 7) is 7.48. The van der Waals surface area contributed by atoms with Crippen molar-refractivity contribution in [2.45, 2.75) is 13.8 Å². The molecule has 0 aliphatic carbocycles. The second-order valence-corrected chi connectivity index (χ2v) is 3.41. The highest BCUT2D eigenvalue weighted by atomic mass is 17.2. The summed E-state index contributed by atoms with van der Waals surface area (Å²) in [4.78, 5) is 20.8. The second-order valence-electron chi connectivity index (χ2n) is 3.41. The molecular formula is C12H14O3. The topological polar surface area (TPSA) is 35.5 Å². The first kappa shape index (κ1) is 11.5. The maximum atomic E-state index is 11.5. The molecule has 3 nitrogen and oxygen atoms in total. The first-order valence-electron chi connectivity index (χ1n) is 4.65. The van der Waals surface area contributed by atoms with Crippen LogP contribution < -0.4 is 0 Å². The van der Waals surface area contributed by atoms with Crippen LogP contribution in [0.4, 0.5) is 0 Å². The van der Waals surface area contributed by atoms with Crippen LogP contribution in [-0.4, -0.2) is 12.6 Å². The molecule has 15 heavy (non-hydrogen) atoms. The molecule has 0 amide bonds. The SMILES string of the molecule is C=C(C)COOC(=O)c1ccccc1C. The average molecular weight is 206 g/mol. The Morgan fingerprint density at radius 3 is 2.67 bits per heavy atom. The Balaban J connectivity index is 2.54. The van der Waals surface area contributed by atoms with Crippen molar-refractivity contribution < 1.29 is 14.6 Å². The van der Waals surface area contributed by atoms with Crippen molar-refractivity contribution in [3.8, 4) is 0 Å². The van der Waals surface area contributed by atoms with E-state index in [9.17, 15) is 4.79 Å². The van der Waals surface area contributed by atoms with Gasteiger partial charge in [-0.15, -0.1) is 0 Å².